The molecule has 0 radical (unpaired) electrons. The predicted molar refractivity (Wildman–Crippen MR) is 89.0 cm³/mol. The molecule has 1 amide bonds. The van der Waals surface area contributed by atoms with Gasteiger partial charge in [-0.2, -0.15) is 0 Å². The van der Waals surface area contributed by atoms with Gasteiger partial charge in [0.2, 0.25) is 10.0 Å². The first-order valence-electron chi connectivity index (χ1n) is 8.18. The smallest absolute Gasteiger partial charge is 0.254 e. The zero-order valence-electron chi connectivity index (χ0n) is 13.7. The van der Waals surface area contributed by atoms with Gasteiger partial charge in [0.1, 0.15) is 13.2 Å². The van der Waals surface area contributed by atoms with Gasteiger partial charge in [-0.25, -0.2) is 12.7 Å². The molecule has 2 heterocycles. The Hall–Kier alpha value is -1.80. The molecule has 1 saturated heterocycles. The molecule has 1 aromatic rings. The topological polar surface area (TPSA) is 76.2 Å². The lowest BCUT2D eigenvalue weighted by molar-refractivity contribution is 0.0763. The minimum Gasteiger partial charge on any atom is -0.486 e. The van der Waals surface area contributed by atoms with Gasteiger partial charge in [-0.15, -0.1) is 0 Å². The number of hydrogen-bond acceptors (Lipinski definition) is 5. The highest BCUT2D eigenvalue weighted by Crippen LogP contribution is 2.31. The number of carbonyl (C=O) groups is 1. The van der Waals surface area contributed by atoms with Gasteiger partial charge >= 0.3 is 0 Å². The highest BCUT2D eigenvalue weighted by Gasteiger charge is 2.26. The monoisotopic (exact) mass is 354 g/mol. The maximum absolute atomic E-state index is 12.7. The van der Waals surface area contributed by atoms with Crippen molar-refractivity contribution in [2.24, 2.45) is 0 Å². The molecule has 0 aliphatic carbocycles. The molecule has 7 nitrogen and oxygen atoms in total. The zero-order valence-corrected chi connectivity index (χ0v) is 14.5. The van der Waals surface area contributed by atoms with E-state index in [1.165, 1.54) is 4.31 Å². The fourth-order valence-corrected chi connectivity index (χ4v) is 4.05. The van der Waals surface area contributed by atoms with Crippen molar-refractivity contribution in [3.63, 3.8) is 0 Å². The molecule has 1 fully saturated rings. The van der Waals surface area contributed by atoms with E-state index in [9.17, 15) is 13.2 Å². The van der Waals surface area contributed by atoms with Gasteiger partial charge in [0.15, 0.2) is 11.5 Å². The van der Waals surface area contributed by atoms with E-state index < -0.39 is 10.0 Å². The first kappa shape index (κ1) is 17.0. The Morgan fingerprint density at radius 3 is 2.58 bits per heavy atom. The summed E-state index contributed by atoms with van der Waals surface area (Å²) in [5, 5.41) is 0. The van der Waals surface area contributed by atoms with Crippen LogP contribution in [0.2, 0.25) is 0 Å². The molecule has 24 heavy (non-hydrogen) atoms. The average molecular weight is 354 g/mol. The van der Waals surface area contributed by atoms with Gasteiger partial charge < -0.3 is 14.4 Å². The third-order valence-electron chi connectivity index (χ3n) is 4.29. The molecular weight excluding hydrogens is 332 g/mol. The Kier molecular flexibility index (Phi) is 4.96. The molecule has 1 aromatic carbocycles. The number of amides is 1. The summed E-state index contributed by atoms with van der Waals surface area (Å²) < 4.78 is 36.5. The van der Waals surface area contributed by atoms with Crippen molar-refractivity contribution in [2.75, 3.05) is 45.1 Å². The van der Waals surface area contributed by atoms with Gasteiger partial charge in [-0.05, 0) is 31.5 Å². The fourth-order valence-electron chi connectivity index (χ4n) is 2.92. The highest BCUT2D eigenvalue weighted by atomic mass is 32.2. The number of sulfonamides is 1. The van der Waals surface area contributed by atoms with E-state index in [1.54, 1.807) is 30.0 Å². The number of ether oxygens (including phenoxy) is 2. The standard InChI is InChI=1S/C16H22N2O5S/c1-2-24(20,21)18-7-3-6-17(8-9-18)16(19)13-4-5-14-15(12-13)23-11-10-22-14/h4-5,12H,2-3,6-11H2,1H3. The van der Waals surface area contributed by atoms with Gasteiger partial charge in [0.05, 0.1) is 5.75 Å². The van der Waals surface area contributed by atoms with Crippen LogP contribution in [0.5, 0.6) is 11.5 Å². The number of carbonyl (C=O) groups excluding carboxylic acids is 1. The quantitative estimate of drug-likeness (QED) is 0.808. The Balaban J connectivity index is 1.71. The van der Waals surface area contributed by atoms with Gasteiger partial charge in [0, 0.05) is 31.7 Å². The van der Waals surface area contributed by atoms with E-state index in [4.69, 9.17) is 9.47 Å². The van der Waals surface area contributed by atoms with E-state index in [2.05, 4.69) is 0 Å². The Bertz CT molecular complexity index is 719. The number of fused-ring (bicyclic) bond motifs is 1. The van der Waals surface area contributed by atoms with Crippen molar-refractivity contribution in [3.8, 4) is 11.5 Å². The van der Waals surface area contributed by atoms with Crippen LogP contribution < -0.4 is 9.47 Å². The molecule has 0 spiro atoms. The van der Waals surface area contributed by atoms with Gasteiger partial charge in [-0.3, -0.25) is 4.79 Å². The molecular formula is C16H22N2O5S. The predicted octanol–water partition coefficient (Wildman–Crippen LogP) is 0.955. The maximum atomic E-state index is 12.7. The Morgan fingerprint density at radius 1 is 1.08 bits per heavy atom. The van der Waals surface area contributed by atoms with E-state index in [1.807, 2.05) is 0 Å². The fraction of sp³-hybridized carbons (Fsp3) is 0.562. The van der Waals surface area contributed by atoms with Crippen molar-refractivity contribution in [2.45, 2.75) is 13.3 Å². The van der Waals surface area contributed by atoms with E-state index >= 15 is 0 Å². The van der Waals surface area contributed by atoms with Crippen LogP contribution in [0.3, 0.4) is 0 Å². The number of rotatable bonds is 3. The molecule has 8 heteroatoms. The summed E-state index contributed by atoms with van der Waals surface area (Å²) in [6, 6.07) is 5.16. The molecule has 0 aromatic heterocycles. The maximum Gasteiger partial charge on any atom is 0.254 e. The van der Waals surface area contributed by atoms with Crippen molar-refractivity contribution in [3.05, 3.63) is 23.8 Å². The normalized spacial score (nSPS) is 19.0. The molecule has 2 aliphatic heterocycles. The zero-order chi connectivity index (χ0) is 17.2. The van der Waals surface area contributed by atoms with Crippen molar-refractivity contribution in [1.29, 1.82) is 0 Å². The number of hydrogen-bond donors (Lipinski definition) is 0. The summed E-state index contributed by atoms with van der Waals surface area (Å²) in [4.78, 5) is 14.4. The highest BCUT2D eigenvalue weighted by molar-refractivity contribution is 7.89. The molecule has 0 unspecified atom stereocenters. The summed E-state index contributed by atoms with van der Waals surface area (Å²) in [5.41, 5.74) is 0.533. The third kappa shape index (κ3) is 3.49. The molecule has 132 valence electrons. The van der Waals surface area contributed by atoms with Crippen LogP contribution in [0, 0.1) is 0 Å². The summed E-state index contributed by atoms with van der Waals surface area (Å²) in [6.45, 7) is 4.35. The van der Waals surface area contributed by atoms with E-state index in [0.29, 0.717) is 62.9 Å². The van der Waals surface area contributed by atoms with E-state index in [-0.39, 0.29) is 11.7 Å². The minimum absolute atomic E-state index is 0.0864. The number of benzene rings is 1. The second kappa shape index (κ2) is 6.98. The SMILES string of the molecule is CCS(=O)(=O)N1CCCN(C(=O)c2ccc3c(c2)OCCO3)CC1. The summed E-state index contributed by atoms with van der Waals surface area (Å²) in [7, 11) is -3.21. The molecule has 0 N–H and O–H groups in total. The lowest BCUT2D eigenvalue weighted by atomic mass is 10.1. The van der Waals surface area contributed by atoms with Crippen molar-refractivity contribution >= 4 is 15.9 Å². The summed E-state index contributed by atoms with van der Waals surface area (Å²) >= 11 is 0. The first-order chi connectivity index (χ1) is 11.5. The first-order valence-corrected chi connectivity index (χ1v) is 9.79. The lowest BCUT2D eigenvalue weighted by Gasteiger charge is -2.23. The van der Waals surface area contributed by atoms with Crippen LogP contribution >= 0.6 is 0 Å². The van der Waals surface area contributed by atoms with E-state index in [0.717, 1.165) is 0 Å². The van der Waals surface area contributed by atoms with Crippen LogP contribution in [0.4, 0.5) is 0 Å². The van der Waals surface area contributed by atoms with Crippen molar-refractivity contribution in [1.82, 2.24) is 9.21 Å². The molecule has 0 saturated carbocycles. The summed E-state index contributed by atoms with van der Waals surface area (Å²) in [6.07, 6.45) is 0.634. The van der Waals surface area contributed by atoms with Gasteiger partial charge in [0.25, 0.3) is 5.91 Å². The lowest BCUT2D eigenvalue weighted by Crippen LogP contribution is -2.38. The third-order valence-corrected chi connectivity index (χ3v) is 6.17. The molecule has 2 aliphatic rings. The molecule has 0 atom stereocenters. The van der Waals surface area contributed by atoms with Crippen LogP contribution in [0.15, 0.2) is 18.2 Å². The summed E-state index contributed by atoms with van der Waals surface area (Å²) in [5.74, 6) is 1.21. The Labute approximate surface area is 142 Å². The second-order valence-electron chi connectivity index (χ2n) is 5.80. The minimum atomic E-state index is -3.21. The molecule has 3 rings (SSSR count). The van der Waals surface area contributed by atoms with Crippen LogP contribution in [0.1, 0.15) is 23.7 Å². The number of nitrogens with zero attached hydrogens (tertiary/aromatic N) is 2. The van der Waals surface area contributed by atoms with Gasteiger partial charge in [-0.1, -0.05) is 0 Å². The largest absolute Gasteiger partial charge is 0.486 e. The van der Waals surface area contributed by atoms with Crippen LogP contribution in [-0.4, -0.2) is 68.7 Å². The van der Waals surface area contributed by atoms with Crippen LogP contribution in [-0.2, 0) is 10.0 Å². The van der Waals surface area contributed by atoms with Crippen molar-refractivity contribution < 1.29 is 22.7 Å². The second-order valence-corrected chi connectivity index (χ2v) is 8.06. The average Bonchev–Trinajstić information content (AvgIpc) is 2.87. The van der Waals surface area contributed by atoms with Crippen LogP contribution in [0.25, 0.3) is 0 Å². The molecule has 0 bridgehead atoms. The Morgan fingerprint density at radius 2 is 1.83 bits per heavy atom.